The van der Waals surface area contributed by atoms with Crippen molar-refractivity contribution in [2.75, 3.05) is 6.54 Å². The summed E-state index contributed by atoms with van der Waals surface area (Å²) in [6.45, 7) is 7.74. The second-order valence-electron chi connectivity index (χ2n) is 5.00. The zero-order chi connectivity index (χ0) is 14.3. The van der Waals surface area contributed by atoms with E-state index in [-0.39, 0.29) is 0 Å². The average Bonchev–Trinajstić information content (AvgIpc) is 2.29. The third kappa shape index (κ3) is 7.04. The lowest BCUT2D eigenvalue weighted by Gasteiger charge is -2.19. The van der Waals surface area contributed by atoms with Crippen LogP contribution in [-0.2, 0) is 4.74 Å². The maximum absolute atomic E-state index is 11.3. The summed E-state index contributed by atoms with van der Waals surface area (Å²) >= 11 is 0. The molecule has 0 radical (unpaired) electrons. The molecule has 19 heavy (non-hydrogen) atoms. The van der Waals surface area contributed by atoms with Crippen LogP contribution in [0.3, 0.4) is 0 Å². The van der Waals surface area contributed by atoms with Crippen LogP contribution in [0, 0.1) is 18.8 Å². The van der Waals surface area contributed by atoms with E-state index in [0.717, 1.165) is 11.4 Å². The number of hydrogen-bond acceptors (Lipinski definition) is 4. The van der Waals surface area contributed by atoms with E-state index in [9.17, 15) is 4.79 Å². The number of nitrogens with one attached hydrogen (secondary N) is 1. The van der Waals surface area contributed by atoms with Gasteiger partial charge < -0.3 is 10.1 Å². The van der Waals surface area contributed by atoms with E-state index in [0.29, 0.717) is 13.0 Å². The summed E-state index contributed by atoms with van der Waals surface area (Å²) < 4.78 is 5.10. The van der Waals surface area contributed by atoms with E-state index < -0.39 is 11.7 Å². The van der Waals surface area contributed by atoms with Crippen molar-refractivity contribution < 1.29 is 9.53 Å². The van der Waals surface area contributed by atoms with Crippen molar-refractivity contribution in [2.24, 2.45) is 0 Å². The lowest BCUT2D eigenvalue weighted by molar-refractivity contribution is 0.0529. The Balaban J connectivity index is 2.28. The fourth-order valence-corrected chi connectivity index (χ4v) is 1.16. The van der Waals surface area contributed by atoms with Crippen molar-refractivity contribution in [3.8, 4) is 11.8 Å². The lowest BCUT2D eigenvalue weighted by Crippen LogP contribution is -2.32. The topological polar surface area (TPSA) is 64.1 Å². The van der Waals surface area contributed by atoms with Crippen molar-refractivity contribution in [1.29, 1.82) is 0 Å². The van der Waals surface area contributed by atoms with E-state index >= 15 is 0 Å². The first-order chi connectivity index (χ1) is 8.87. The van der Waals surface area contributed by atoms with Crippen LogP contribution in [-0.4, -0.2) is 28.2 Å². The Labute approximate surface area is 113 Å². The first-order valence-electron chi connectivity index (χ1n) is 6.11. The molecule has 0 aliphatic rings. The van der Waals surface area contributed by atoms with Gasteiger partial charge in [-0.05, 0) is 27.7 Å². The molecule has 0 bridgehead atoms. The molecule has 0 saturated carbocycles. The first kappa shape index (κ1) is 15.0. The number of rotatable bonds is 2. The molecule has 1 aromatic rings. The van der Waals surface area contributed by atoms with Gasteiger partial charge >= 0.3 is 6.09 Å². The molecule has 0 saturated heterocycles. The third-order valence-corrected chi connectivity index (χ3v) is 1.93. The van der Waals surface area contributed by atoms with Crippen molar-refractivity contribution in [2.45, 2.75) is 39.7 Å². The number of aryl methyl sites for hydroxylation is 1. The second kappa shape index (κ2) is 6.74. The van der Waals surface area contributed by atoms with Gasteiger partial charge in [0.1, 0.15) is 11.4 Å². The maximum Gasteiger partial charge on any atom is 0.407 e. The quantitative estimate of drug-likeness (QED) is 0.653. The van der Waals surface area contributed by atoms with Gasteiger partial charge in [0, 0.05) is 25.4 Å². The molecule has 1 N–H and O–H groups in total. The van der Waals surface area contributed by atoms with Crippen LogP contribution in [0.2, 0.25) is 0 Å². The fraction of sp³-hybridized carbons (Fsp3) is 0.500. The monoisotopic (exact) mass is 261 g/mol. The Morgan fingerprint density at radius 3 is 2.58 bits per heavy atom. The van der Waals surface area contributed by atoms with Crippen molar-refractivity contribution >= 4 is 6.09 Å². The summed E-state index contributed by atoms with van der Waals surface area (Å²) in [4.78, 5) is 19.4. The van der Waals surface area contributed by atoms with Gasteiger partial charge in [0.15, 0.2) is 0 Å². The molecule has 1 aromatic heterocycles. The molecule has 0 atom stereocenters. The minimum atomic E-state index is -0.477. The molecule has 0 aliphatic carbocycles. The molecule has 5 nitrogen and oxygen atoms in total. The van der Waals surface area contributed by atoms with Crippen LogP contribution in [0.15, 0.2) is 12.4 Å². The predicted molar refractivity (Wildman–Crippen MR) is 72.5 cm³/mol. The third-order valence-electron chi connectivity index (χ3n) is 1.93. The number of amides is 1. The second-order valence-corrected chi connectivity index (χ2v) is 5.00. The minimum Gasteiger partial charge on any atom is -0.444 e. The minimum absolute atomic E-state index is 0.423. The van der Waals surface area contributed by atoms with Crippen LogP contribution in [0.5, 0.6) is 0 Å². The molecule has 1 amide bonds. The summed E-state index contributed by atoms with van der Waals surface area (Å²) in [5.74, 6) is 6.59. The Bertz CT molecular complexity index is 478. The number of alkyl carbamates (subject to hydrolysis) is 1. The van der Waals surface area contributed by atoms with Gasteiger partial charge in [-0.25, -0.2) is 14.8 Å². The Hall–Kier alpha value is -2.09. The summed E-state index contributed by atoms with van der Waals surface area (Å²) in [5, 5.41) is 2.64. The smallest absolute Gasteiger partial charge is 0.407 e. The number of hydrogen-bond donors (Lipinski definition) is 1. The molecule has 0 unspecified atom stereocenters. The molecular formula is C14H19N3O2. The van der Waals surface area contributed by atoms with E-state index in [1.54, 1.807) is 12.4 Å². The standard InChI is InChI=1S/C14H19N3O2/c1-11-16-9-12(10-17-11)7-5-6-8-15-13(18)19-14(2,3)4/h9-10H,6,8H2,1-4H3,(H,15,18). The number of aromatic nitrogens is 2. The molecule has 0 spiro atoms. The van der Waals surface area contributed by atoms with Crippen LogP contribution in [0.4, 0.5) is 4.79 Å². The Kier molecular flexibility index (Phi) is 5.31. The van der Waals surface area contributed by atoms with Gasteiger partial charge in [-0.3, -0.25) is 0 Å². The van der Waals surface area contributed by atoms with Gasteiger partial charge in [-0.2, -0.15) is 0 Å². The molecule has 0 fully saturated rings. The van der Waals surface area contributed by atoms with Gasteiger partial charge in [0.25, 0.3) is 0 Å². The van der Waals surface area contributed by atoms with E-state index in [1.807, 2.05) is 27.7 Å². The van der Waals surface area contributed by atoms with Crippen LogP contribution in [0.1, 0.15) is 38.6 Å². The molecule has 102 valence electrons. The number of carbonyl (C=O) groups is 1. The van der Waals surface area contributed by atoms with Gasteiger partial charge in [-0.1, -0.05) is 11.8 Å². The summed E-state index contributed by atoms with van der Waals surface area (Å²) in [6.07, 6.45) is 3.48. The van der Waals surface area contributed by atoms with Crippen molar-refractivity contribution in [3.63, 3.8) is 0 Å². The molecule has 5 heteroatoms. The van der Waals surface area contributed by atoms with Crippen molar-refractivity contribution in [3.05, 3.63) is 23.8 Å². The van der Waals surface area contributed by atoms with Crippen LogP contribution in [0.25, 0.3) is 0 Å². The Morgan fingerprint density at radius 1 is 1.37 bits per heavy atom. The normalized spacial score (nSPS) is 10.3. The molecule has 0 aromatic carbocycles. The van der Waals surface area contributed by atoms with Crippen molar-refractivity contribution in [1.82, 2.24) is 15.3 Å². The molecule has 1 heterocycles. The van der Waals surface area contributed by atoms with Gasteiger partial charge in [-0.15, -0.1) is 0 Å². The molecular weight excluding hydrogens is 242 g/mol. The first-order valence-corrected chi connectivity index (χ1v) is 6.11. The zero-order valence-corrected chi connectivity index (χ0v) is 11.8. The highest BCUT2D eigenvalue weighted by Crippen LogP contribution is 2.06. The lowest BCUT2D eigenvalue weighted by atomic mass is 10.2. The van der Waals surface area contributed by atoms with Crippen LogP contribution < -0.4 is 5.32 Å². The predicted octanol–water partition coefficient (Wildman–Crippen LogP) is 2.05. The number of ether oxygens (including phenoxy) is 1. The average molecular weight is 261 g/mol. The largest absolute Gasteiger partial charge is 0.444 e. The van der Waals surface area contributed by atoms with Gasteiger partial charge in [0.05, 0.1) is 5.56 Å². The molecule has 1 rings (SSSR count). The van der Waals surface area contributed by atoms with Gasteiger partial charge in [0.2, 0.25) is 0 Å². The summed E-state index contributed by atoms with van der Waals surface area (Å²) in [5.41, 5.74) is 0.289. The highest BCUT2D eigenvalue weighted by molar-refractivity contribution is 5.67. The Morgan fingerprint density at radius 2 is 2.00 bits per heavy atom. The highest BCUT2D eigenvalue weighted by Gasteiger charge is 2.15. The zero-order valence-electron chi connectivity index (χ0n) is 11.8. The SMILES string of the molecule is Cc1ncc(C#CCCNC(=O)OC(C)(C)C)cn1. The van der Waals surface area contributed by atoms with E-state index in [4.69, 9.17) is 4.74 Å². The maximum atomic E-state index is 11.3. The van der Waals surface area contributed by atoms with E-state index in [1.165, 1.54) is 0 Å². The summed E-state index contributed by atoms with van der Waals surface area (Å²) in [7, 11) is 0. The molecule has 0 aliphatic heterocycles. The number of carbonyl (C=O) groups excluding carboxylic acids is 1. The fourth-order valence-electron chi connectivity index (χ4n) is 1.16. The highest BCUT2D eigenvalue weighted by atomic mass is 16.6. The van der Waals surface area contributed by atoms with E-state index in [2.05, 4.69) is 27.1 Å². The van der Waals surface area contributed by atoms with Crippen LogP contribution >= 0.6 is 0 Å². The number of nitrogens with zero attached hydrogens (tertiary/aromatic N) is 2. The summed E-state index contributed by atoms with van der Waals surface area (Å²) in [6, 6.07) is 0.